The fourth-order valence-corrected chi connectivity index (χ4v) is 15.9. The lowest BCUT2D eigenvalue weighted by Crippen LogP contribution is -2.66. The first-order chi connectivity index (χ1) is 33.7. The van der Waals surface area contributed by atoms with Crippen LogP contribution in [-0.4, -0.2) is 199 Å². The molecule has 0 aromatic carbocycles. The summed E-state index contributed by atoms with van der Waals surface area (Å²) in [5, 5.41) is 117. The lowest BCUT2D eigenvalue weighted by atomic mass is 9.33. The summed E-state index contributed by atoms with van der Waals surface area (Å²) in [5.74, 6) is -0.0937. The Bertz CT molecular complexity index is 1990. The van der Waals surface area contributed by atoms with Crippen LogP contribution in [0, 0.1) is 50.2 Å². The van der Waals surface area contributed by atoms with Crippen LogP contribution in [0.25, 0.3) is 0 Å². The molecule has 9 aliphatic rings. The Morgan fingerprint density at radius 1 is 0.639 bits per heavy atom. The summed E-state index contributed by atoms with van der Waals surface area (Å²) in [7, 11) is 0. The van der Waals surface area contributed by atoms with Gasteiger partial charge in [-0.15, -0.1) is 0 Å². The molecule has 0 spiro atoms. The zero-order valence-corrected chi connectivity index (χ0v) is 43.1. The molecule has 20 nitrogen and oxygen atoms in total. The maximum absolute atomic E-state index is 14.7. The molecule has 412 valence electrons. The molecule has 72 heavy (non-hydrogen) atoms. The minimum absolute atomic E-state index is 0.0511. The third kappa shape index (κ3) is 8.87. The van der Waals surface area contributed by atoms with Gasteiger partial charge in [-0.2, -0.15) is 0 Å². The number of hydrogen-bond acceptors (Lipinski definition) is 20. The fourth-order valence-electron chi connectivity index (χ4n) is 15.9. The van der Waals surface area contributed by atoms with Crippen molar-refractivity contribution in [1.82, 2.24) is 0 Å². The lowest BCUT2D eigenvalue weighted by molar-refractivity contribution is -0.367. The molecule has 11 N–H and O–H groups in total. The quantitative estimate of drug-likeness (QED) is 0.0839. The number of hydrogen-bond donors (Lipinski definition) is 11. The van der Waals surface area contributed by atoms with Crippen LogP contribution in [0.4, 0.5) is 0 Å². The number of allylic oxidation sites excluding steroid dienone is 2. The van der Waals surface area contributed by atoms with E-state index in [-0.39, 0.29) is 58.2 Å². The fraction of sp³-hybridized carbons (Fsp3) is 0.942. The lowest BCUT2D eigenvalue weighted by Gasteiger charge is -2.71. The van der Waals surface area contributed by atoms with Gasteiger partial charge in [0.15, 0.2) is 18.9 Å². The molecular formula is C52H84O20. The topological polar surface area (TPSA) is 313 Å². The van der Waals surface area contributed by atoms with Crippen LogP contribution in [-0.2, 0) is 42.7 Å². The Morgan fingerprint density at radius 3 is 2.00 bits per heavy atom. The van der Waals surface area contributed by atoms with E-state index >= 15 is 0 Å². The van der Waals surface area contributed by atoms with E-state index in [4.69, 9.17) is 37.9 Å². The molecule has 20 heteroatoms. The van der Waals surface area contributed by atoms with Gasteiger partial charge in [0.25, 0.3) is 0 Å². The highest BCUT2D eigenvalue weighted by Gasteiger charge is 2.70. The van der Waals surface area contributed by atoms with Gasteiger partial charge >= 0.3 is 5.97 Å². The molecule has 0 bridgehead atoms. The number of aliphatic hydroxyl groups is 11. The minimum atomic E-state index is -1.68. The molecule has 8 fully saturated rings. The summed E-state index contributed by atoms with van der Waals surface area (Å²) in [6.45, 7) is 16.5. The van der Waals surface area contributed by atoms with E-state index in [1.54, 1.807) is 0 Å². The first-order valence-electron chi connectivity index (χ1n) is 26.5. The van der Waals surface area contributed by atoms with Gasteiger partial charge in [-0.3, -0.25) is 4.79 Å². The largest absolute Gasteiger partial charge is 0.432 e. The molecule has 4 aliphatic heterocycles. The molecule has 9 rings (SSSR count). The van der Waals surface area contributed by atoms with Crippen molar-refractivity contribution in [2.45, 2.75) is 236 Å². The second-order valence-corrected chi connectivity index (χ2v) is 25.4. The third-order valence-corrected chi connectivity index (χ3v) is 20.6. The maximum Gasteiger partial charge on any atom is 0.315 e. The van der Waals surface area contributed by atoms with E-state index in [0.717, 1.165) is 44.9 Å². The molecule has 0 aromatic rings. The summed E-state index contributed by atoms with van der Waals surface area (Å²) in [5.41, 5.74) is -0.502. The van der Waals surface area contributed by atoms with Gasteiger partial charge in [-0.1, -0.05) is 60.1 Å². The molecule has 4 heterocycles. The summed E-state index contributed by atoms with van der Waals surface area (Å²) < 4.78 is 47.3. The summed E-state index contributed by atoms with van der Waals surface area (Å²) >= 11 is 0. The predicted molar refractivity (Wildman–Crippen MR) is 249 cm³/mol. The summed E-state index contributed by atoms with van der Waals surface area (Å²) in [6, 6.07) is 0. The van der Waals surface area contributed by atoms with E-state index < -0.39 is 129 Å². The smallest absolute Gasteiger partial charge is 0.315 e. The highest BCUT2D eigenvalue weighted by atomic mass is 16.8. The number of aliphatic hydroxyl groups excluding tert-OH is 11. The summed E-state index contributed by atoms with van der Waals surface area (Å²) in [4.78, 5) is 14.7. The molecular weight excluding hydrogens is 945 g/mol. The van der Waals surface area contributed by atoms with Gasteiger partial charge in [-0.05, 0) is 116 Å². The number of carbonyl (C=O) groups is 1. The van der Waals surface area contributed by atoms with Crippen molar-refractivity contribution < 1.29 is 98.9 Å². The van der Waals surface area contributed by atoms with Crippen LogP contribution in [0.2, 0.25) is 0 Å². The Labute approximate surface area is 421 Å². The average Bonchev–Trinajstić information content (AvgIpc) is 3.32. The molecule has 0 aromatic heterocycles. The third-order valence-electron chi connectivity index (χ3n) is 20.6. The Kier molecular flexibility index (Phi) is 15.2. The molecule has 5 aliphatic carbocycles. The summed E-state index contributed by atoms with van der Waals surface area (Å²) in [6.07, 6.45) is -16.4. The van der Waals surface area contributed by atoms with Crippen LogP contribution < -0.4 is 0 Å². The van der Waals surface area contributed by atoms with Gasteiger partial charge in [-0.25, -0.2) is 0 Å². The highest BCUT2D eigenvalue weighted by molar-refractivity contribution is 5.79. The van der Waals surface area contributed by atoms with Crippen molar-refractivity contribution in [3.05, 3.63) is 11.6 Å². The molecule has 4 saturated heterocycles. The Hall–Kier alpha value is -1.51. The van der Waals surface area contributed by atoms with Gasteiger partial charge < -0.3 is 94.1 Å². The molecule has 0 amide bonds. The number of esters is 1. The first-order valence-corrected chi connectivity index (χ1v) is 26.5. The van der Waals surface area contributed by atoms with E-state index in [1.165, 1.54) is 12.5 Å². The first kappa shape index (κ1) is 55.3. The average molecular weight is 1030 g/mol. The maximum atomic E-state index is 14.7. The number of rotatable bonds is 9. The van der Waals surface area contributed by atoms with Gasteiger partial charge in [0.1, 0.15) is 79.4 Å². The van der Waals surface area contributed by atoms with E-state index in [0.29, 0.717) is 25.2 Å². The zero-order chi connectivity index (χ0) is 52.4. The number of carbonyl (C=O) groups excluding carboxylic acids is 1. The monoisotopic (exact) mass is 1030 g/mol. The van der Waals surface area contributed by atoms with Crippen molar-refractivity contribution in [2.75, 3.05) is 19.8 Å². The van der Waals surface area contributed by atoms with Crippen molar-refractivity contribution in [2.24, 2.45) is 50.2 Å². The molecule has 4 saturated carbocycles. The van der Waals surface area contributed by atoms with Crippen LogP contribution in [0.5, 0.6) is 0 Å². The van der Waals surface area contributed by atoms with Crippen LogP contribution in [0.3, 0.4) is 0 Å². The van der Waals surface area contributed by atoms with Crippen molar-refractivity contribution >= 4 is 5.97 Å². The second-order valence-electron chi connectivity index (χ2n) is 25.4. The van der Waals surface area contributed by atoms with Gasteiger partial charge in [0.2, 0.25) is 6.29 Å². The molecule has 0 unspecified atom stereocenters. The van der Waals surface area contributed by atoms with E-state index in [1.807, 2.05) is 0 Å². The SMILES string of the molecule is C[C@@H]1O[C@@H](O[C@@H]2CO[C@@H](O[C@H]3CC[C@]4(C)[C@H]5CC=C6[C@@H]7CC(C)(C)CC[C@]7(C(=O)O[C@H]7O[C@@H](CO)[C@H](O)[C@@H](O)[C@@H]7O)CC[C@@]6(C)[C@]5(C)CC[C@H]4C3(C)C)[C@H](O)[C@H]2O)[C@H](O)[C@@H](O[C@@H]2OC[C@@H](O)[C@H](O)[C@H]2O)[C@H]1O. The van der Waals surface area contributed by atoms with Crippen LogP contribution in [0.15, 0.2) is 11.6 Å². The zero-order valence-electron chi connectivity index (χ0n) is 43.1. The predicted octanol–water partition coefficient (Wildman–Crippen LogP) is 0.271. The Morgan fingerprint density at radius 2 is 1.29 bits per heavy atom. The molecule has 0 radical (unpaired) electrons. The van der Waals surface area contributed by atoms with E-state index in [2.05, 4.69) is 54.5 Å². The molecule has 26 atom stereocenters. The minimum Gasteiger partial charge on any atom is -0.432 e. The normalized spacial score (nSPS) is 54.2. The van der Waals surface area contributed by atoms with E-state index in [9.17, 15) is 61.0 Å². The van der Waals surface area contributed by atoms with Gasteiger partial charge in [0.05, 0.1) is 37.4 Å². The second kappa shape index (κ2) is 19.7. The van der Waals surface area contributed by atoms with Crippen molar-refractivity contribution in [3.63, 3.8) is 0 Å². The number of ether oxygens (including phenoxy) is 8. The Balaban J connectivity index is 0.870. The van der Waals surface area contributed by atoms with Gasteiger partial charge in [0, 0.05) is 0 Å². The van der Waals surface area contributed by atoms with Crippen molar-refractivity contribution in [3.8, 4) is 0 Å². The highest BCUT2D eigenvalue weighted by Crippen LogP contribution is 2.76. The number of fused-ring (bicyclic) bond motifs is 7. The standard InChI is InChI=1S/C52H84O20/c1-23-32(55)41(71-43-37(60)33(56)26(54)21-65-43)40(63)45(67-23)69-28-22-66-42(38(61)35(28)58)70-31-12-13-49(6)29(48(31,4)5)11-14-51(8)30(49)10-9-24-25-19-47(2,3)15-17-52(25,18-16-50(24,51)7)46(64)72-44-39(62)36(59)34(57)27(20-53)68-44/h9,23,25-45,53-63H,10-22H2,1-8H3/t23-,25-,26+,27-,28+,29-,30+,31-,32-,33-,34-,35-,36+,37+,38+,39-,40+,41-,42-,43-,44+,45-,49-,50+,51+,52-/m0/s1. The van der Waals surface area contributed by atoms with Crippen molar-refractivity contribution in [1.29, 1.82) is 0 Å². The van der Waals surface area contributed by atoms with Crippen LogP contribution in [0.1, 0.15) is 120 Å². The van der Waals surface area contributed by atoms with Crippen LogP contribution >= 0.6 is 0 Å².